The fourth-order valence-corrected chi connectivity index (χ4v) is 2.77. The molecule has 21 heavy (non-hydrogen) atoms. The third kappa shape index (κ3) is 1.76. The number of rotatable bonds is 2. The highest BCUT2D eigenvalue weighted by Crippen LogP contribution is 2.45. The summed E-state index contributed by atoms with van der Waals surface area (Å²) in [5.41, 5.74) is 0.830. The average molecular weight is 281 g/mol. The molecule has 0 saturated heterocycles. The zero-order valence-electron chi connectivity index (χ0n) is 11.9. The van der Waals surface area contributed by atoms with E-state index in [2.05, 4.69) is 0 Å². The lowest BCUT2D eigenvalue weighted by Crippen LogP contribution is -2.43. The van der Waals surface area contributed by atoms with E-state index in [1.165, 1.54) is 7.11 Å². The van der Waals surface area contributed by atoms with E-state index in [9.17, 15) is 9.59 Å². The number of esters is 1. The molecule has 4 nitrogen and oxygen atoms in total. The minimum absolute atomic E-state index is 0.290. The van der Waals surface area contributed by atoms with Gasteiger partial charge in [0, 0.05) is 11.3 Å². The number of hydrogen-bond donors (Lipinski definition) is 0. The van der Waals surface area contributed by atoms with Crippen LogP contribution in [0.3, 0.4) is 0 Å². The van der Waals surface area contributed by atoms with Crippen LogP contribution in [0.25, 0.3) is 0 Å². The normalized spacial score (nSPS) is 20.3. The predicted octanol–water partition coefficient (Wildman–Crippen LogP) is 2.80. The van der Waals surface area contributed by atoms with Crippen molar-refractivity contribution in [2.75, 3.05) is 12.0 Å². The van der Waals surface area contributed by atoms with Crippen LogP contribution in [0.5, 0.6) is 0 Å². The van der Waals surface area contributed by atoms with Gasteiger partial charge in [0.15, 0.2) is 5.41 Å². The van der Waals surface area contributed by atoms with Crippen molar-refractivity contribution >= 4 is 23.3 Å². The molecule has 0 spiro atoms. The highest BCUT2D eigenvalue weighted by atomic mass is 16.5. The lowest BCUT2D eigenvalue weighted by Gasteiger charge is -2.22. The summed E-state index contributed by atoms with van der Waals surface area (Å²) < 4.78 is 4.86. The van der Waals surface area contributed by atoms with Gasteiger partial charge in [0.2, 0.25) is 0 Å². The smallest absolute Gasteiger partial charge is 0.325 e. The number of para-hydroxylation sites is 2. The molecule has 1 heterocycles. The number of nitrogens with zero attached hydrogens (tertiary/aromatic N) is 1. The van der Waals surface area contributed by atoms with E-state index in [4.69, 9.17) is 4.74 Å². The molecule has 0 fully saturated rings. The van der Waals surface area contributed by atoms with Crippen LogP contribution in [0, 0.1) is 0 Å². The molecule has 0 saturated carbocycles. The van der Waals surface area contributed by atoms with Crippen molar-refractivity contribution in [1.29, 1.82) is 0 Å². The summed E-state index contributed by atoms with van der Waals surface area (Å²) >= 11 is 0. The fraction of sp³-hybridized carbons (Fsp3) is 0.176. The second-order valence-electron chi connectivity index (χ2n) is 5.11. The Morgan fingerprint density at radius 1 is 1.05 bits per heavy atom. The highest BCUT2D eigenvalue weighted by Gasteiger charge is 2.54. The van der Waals surface area contributed by atoms with Crippen LogP contribution in [0.15, 0.2) is 54.6 Å². The maximum atomic E-state index is 12.9. The van der Waals surface area contributed by atoms with Gasteiger partial charge >= 0.3 is 5.97 Å². The molecular formula is C17H15NO3. The van der Waals surface area contributed by atoms with Gasteiger partial charge in [0.25, 0.3) is 5.91 Å². The fourth-order valence-electron chi connectivity index (χ4n) is 2.77. The molecule has 0 aliphatic carbocycles. The van der Waals surface area contributed by atoms with E-state index in [-0.39, 0.29) is 5.91 Å². The van der Waals surface area contributed by atoms with E-state index in [1.54, 1.807) is 17.9 Å². The first-order chi connectivity index (χ1) is 10.1. The van der Waals surface area contributed by atoms with Crippen LogP contribution >= 0.6 is 0 Å². The van der Waals surface area contributed by atoms with Gasteiger partial charge < -0.3 is 4.74 Å². The Morgan fingerprint density at radius 2 is 1.67 bits per heavy atom. The molecule has 0 radical (unpaired) electrons. The van der Waals surface area contributed by atoms with E-state index in [1.807, 2.05) is 48.5 Å². The van der Waals surface area contributed by atoms with Gasteiger partial charge in [-0.1, -0.05) is 36.4 Å². The predicted molar refractivity (Wildman–Crippen MR) is 79.4 cm³/mol. The zero-order chi connectivity index (χ0) is 15.0. The lowest BCUT2D eigenvalue weighted by atomic mass is 9.84. The Bertz CT molecular complexity index is 711. The summed E-state index contributed by atoms with van der Waals surface area (Å²) in [6.45, 7) is 1.61. The topological polar surface area (TPSA) is 46.6 Å². The number of anilines is 2. The third-order valence-electron chi connectivity index (χ3n) is 3.92. The van der Waals surface area contributed by atoms with E-state index in [0.29, 0.717) is 5.56 Å². The maximum Gasteiger partial charge on any atom is 0.325 e. The number of hydrogen-bond acceptors (Lipinski definition) is 3. The molecule has 1 amide bonds. The first-order valence-corrected chi connectivity index (χ1v) is 6.68. The first-order valence-electron chi connectivity index (χ1n) is 6.68. The molecule has 2 aromatic carbocycles. The molecule has 106 valence electrons. The summed E-state index contributed by atoms with van der Waals surface area (Å²) in [7, 11) is 1.30. The summed E-state index contributed by atoms with van der Waals surface area (Å²) in [6.07, 6.45) is 0. The minimum atomic E-state index is -1.30. The summed E-state index contributed by atoms with van der Waals surface area (Å²) in [5.74, 6) is -0.833. The summed E-state index contributed by atoms with van der Waals surface area (Å²) in [6, 6.07) is 16.6. The van der Waals surface area contributed by atoms with Gasteiger partial charge in [0.05, 0.1) is 12.8 Å². The molecule has 0 N–H and O–H groups in total. The van der Waals surface area contributed by atoms with Crippen molar-refractivity contribution in [2.45, 2.75) is 12.3 Å². The van der Waals surface area contributed by atoms with E-state index in [0.717, 1.165) is 11.4 Å². The summed E-state index contributed by atoms with van der Waals surface area (Å²) in [4.78, 5) is 26.7. The van der Waals surface area contributed by atoms with Crippen molar-refractivity contribution in [3.8, 4) is 0 Å². The second kappa shape index (κ2) is 4.74. The van der Waals surface area contributed by atoms with Gasteiger partial charge in [-0.2, -0.15) is 0 Å². The lowest BCUT2D eigenvalue weighted by molar-refractivity contribution is -0.150. The van der Waals surface area contributed by atoms with E-state index >= 15 is 0 Å². The van der Waals surface area contributed by atoms with Crippen LogP contribution in [0.1, 0.15) is 12.5 Å². The number of ether oxygens (including phenoxy) is 1. The van der Waals surface area contributed by atoms with Gasteiger partial charge in [-0.3, -0.25) is 14.5 Å². The first kappa shape index (κ1) is 13.4. The molecular weight excluding hydrogens is 266 g/mol. The summed E-state index contributed by atoms with van der Waals surface area (Å²) in [5, 5.41) is 0. The third-order valence-corrected chi connectivity index (χ3v) is 3.92. The molecule has 1 atom stereocenters. The van der Waals surface area contributed by atoms with Crippen LogP contribution in [-0.2, 0) is 19.7 Å². The average Bonchev–Trinajstić information content (AvgIpc) is 2.77. The van der Waals surface area contributed by atoms with Crippen molar-refractivity contribution in [1.82, 2.24) is 0 Å². The largest absolute Gasteiger partial charge is 0.468 e. The molecule has 2 aromatic rings. The maximum absolute atomic E-state index is 12.9. The van der Waals surface area contributed by atoms with Crippen LogP contribution in [-0.4, -0.2) is 19.0 Å². The Hall–Kier alpha value is -2.62. The molecule has 3 rings (SSSR count). The Kier molecular flexibility index (Phi) is 3.01. The van der Waals surface area contributed by atoms with Crippen molar-refractivity contribution in [3.05, 3.63) is 60.2 Å². The minimum Gasteiger partial charge on any atom is -0.468 e. The molecule has 1 unspecified atom stereocenters. The number of benzene rings is 2. The van der Waals surface area contributed by atoms with Crippen molar-refractivity contribution in [3.63, 3.8) is 0 Å². The Balaban J connectivity index is 2.22. The monoisotopic (exact) mass is 281 g/mol. The van der Waals surface area contributed by atoms with Crippen molar-refractivity contribution in [2.24, 2.45) is 0 Å². The SMILES string of the molecule is COC(=O)C1(C)C(=O)N(c2ccccc2)c2ccccc21. The van der Waals surface area contributed by atoms with Gasteiger partial charge in [-0.15, -0.1) is 0 Å². The number of amides is 1. The van der Waals surface area contributed by atoms with Gasteiger partial charge in [0.1, 0.15) is 0 Å². The molecule has 4 heteroatoms. The van der Waals surface area contributed by atoms with Gasteiger partial charge in [-0.05, 0) is 25.1 Å². The molecule has 1 aliphatic rings. The highest BCUT2D eigenvalue weighted by molar-refractivity contribution is 6.22. The quantitative estimate of drug-likeness (QED) is 0.628. The van der Waals surface area contributed by atoms with Gasteiger partial charge in [-0.25, -0.2) is 0 Å². The standard InChI is InChI=1S/C17H15NO3/c1-17(16(20)21-2)13-10-6-7-11-14(13)18(15(17)19)12-8-4-3-5-9-12/h3-11H,1-2H3. The van der Waals surface area contributed by atoms with E-state index < -0.39 is 11.4 Å². The zero-order valence-corrected chi connectivity index (χ0v) is 11.9. The van der Waals surface area contributed by atoms with Crippen LogP contribution < -0.4 is 4.90 Å². The molecule has 1 aliphatic heterocycles. The second-order valence-corrected chi connectivity index (χ2v) is 5.11. The number of carbonyl (C=O) groups is 2. The Labute approximate surface area is 123 Å². The van der Waals surface area contributed by atoms with Crippen LogP contribution in [0.2, 0.25) is 0 Å². The van der Waals surface area contributed by atoms with Crippen molar-refractivity contribution < 1.29 is 14.3 Å². The number of carbonyl (C=O) groups excluding carboxylic acids is 2. The molecule has 0 bridgehead atoms. The number of methoxy groups -OCH3 is 1. The molecule has 0 aromatic heterocycles. The van der Waals surface area contributed by atoms with Crippen LogP contribution in [0.4, 0.5) is 11.4 Å². The Morgan fingerprint density at radius 3 is 2.33 bits per heavy atom. The number of fused-ring (bicyclic) bond motifs is 1.